The molecule has 0 radical (unpaired) electrons. The summed E-state index contributed by atoms with van der Waals surface area (Å²) in [4.78, 5) is 15.5. The molecule has 3 fully saturated rings. The Morgan fingerprint density at radius 3 is 2.19 bits per heavy atom. The minimum absolute atomic E-state index is 0.0557. The Kier molecular flexibility index (Phi) is 8.43. The maximum atomic E-state index is 13.2. The molecule has 3 rings (SSSR count). The molecule has 3 atom stereocenters. The summed E-state index contributed by atoms with van der Waals surface area (Å²) in [6, 6.07) is -1.10. The third-order valence-corrected chi connectivity index (χ3v) is 10.8. The van der Waals surface area contributed by atoms with E-state index in [2.05, 4.69) is 4.90 Å². The van der Waals surface area contributed by atoms with Crippen LogP contribution in [0.5, 0.6) is 0 Å². The van der Waals surface area contributed by atoms with Gasteiger partial charge in [-0.2, -0.15) is 4.31 Å². The first-order valence-electron chi connectivity index (χ1n) is 12.0. The molecule has 180 valence electrons. The van der Waals surface area contributed by atoms with E-state index in [-0.39, 0.29) is 11.5 Å². The molecule has 10 heteroatoms. The zero-order valence-electron chi connectivity index (χ0n) is 19.0. The lowest BCUT2D eigenvalue weighted by molar-refractivity contribution is -0.128. The summed E-state index contributed by atoms with van der Waals surface area (Å²) in [5.74, 6) is -0.964. The normalized spacial score (nSPS) is 28.4. The number of sulfonamides is 2. The lowest BCUT2D eigenvalue weighted by Crippen LogP contribution is -2.44. The van der Waals surface area contributed by atoms with Crippen LogP contribution in [0.25, 0.3) is 0 Å². The first kappa shape index (κ1) is 24.9. The fourth-order valence-corrected chi connectivity index (χ4v) is 9.11. The number of unbranched alkanes of at least 4 members (excludes halogenated alkanes) is 1. The Hall–Kier alpha value is -0.710. The van der Waals surface area contributed by atoms with E-state index in [1.807, 2.05) is 13.8 Å². The summed E-state index contributed by atoms with van der Waals surface area (Å²) in [5, 5.41) is 0. The first-order valence-corrected chi connectivity index (χ1v) is 15.2. The maximum Gasteiger partial charge on any atom is 0.241 e. The van der Waals surface area contributed by atoms with Gasteiger partial charge in [-0.3, -0.25) is 4.79 Å². The standard InChI is InChI=1S/C21H39N3O5S2/c1-3-5-16-31(28,29)24-19-11-15-23(20(19)18(10-4-2)21(24)25)30(26,27)17-9-14-22-12-7-6-8-13-22/h18-20H,3-17H2,1-2H3/t18-,19+,20-/m1/s1. The van der Waals surface area contributed by atoms with Gasteiger partial charge in [0.05, 0.1) is 29.5 Å². The summed E-state index contributed by atoms with van der Waals surface area (Å²) in [5.41, 5.74) is 0. The van der Waals surface area contributed by atoms with Crippen molar-refractivity contribution < 1.29 is 21.6 Å². The van der Waals surface area contributed by atoms with Crippen molar-refractivity contribution in [1.82, 2.24) is 13.5 Å². The SMILES string of the molecule is CCCCS(=O)(=O)N1C(=O)[C@H](CCC)[C@@H]2[C@@H]1CCN2S(=O)(=O)CCCN1CCCCC1. The molecule has 0 aromatic rings. The Balaban J connectivity index is 1.73. The van der Waals surface area contributed by atoms with Gasteiger partial charge in [0.25, 0.3) is 0 Å². The molecule has 1 amide bonds. The predicted molar refractivity (Wildman–Crippen MR) is 122 cm³/mol. The van der Waals surface area contributed by atoms with Crippen LogP contribution in [0, 0.1) is 5.92 Å². The van der Waals surface area contributed by atoms with Crippen molar-refractivity contribution in [3.05, 3.63) is 0 Å². The van der Waals surface area contributed by atoms with Crippen LogP contribution in [-0.4, -0.2) is 86.0 Å². The number of fused-ring (bicyclic) bond motifs is 1. The monoisotopic (exact) mass is 477 g/mol. The van der Waals surface area contributed by atoms with Crippen molar-refractivity contribution in [2.75, 3.05) is 37.7 Å². The average Bonchev–Trinajstić information content (AvgIpc) is 3.26. The Labute approximate surface area is 188 Å². The number of rotatable bonds is 11. The van der Waals surface area contributed by atoms with Gasteiger partial charge in [0.15, 0.2) is 0 Å². The molecule has 3 heterocycles. The molecule has 0 spiro atoms. The van der Waals surface area contributed by atoms with E-state index < -0.39 is 44.0 Å². The molecular formula is C21H39N3O5S2. The van der Waals surface area contributed by atoms with Crippen LogP contribution in [0.4, 0.5) is 0 Å². The van der Waals surface area contributed by atoms with Gasteiger partial charge in [-0.15, -0.1) is 0 Å². The van der Waals surface area contributed by atoms with Crippen LogP contribution in [0.2, 0.25) is 0 Å². The van der Waals surface area contributed by atoms with E-state index >= 15 is 0 Å². The zero-order valence-corrected chi connectivity index (χ0v) is 20.7. The van der Waals surface area contributed by atoms with Gasteiger partial charge in [0.2, 0.25) is 26.0 Å². The van der Waals surface area contributed by atoms with Gasteiger partial charge in [0, 0.05) is 6.54 Å². The van der Waals surface area contributed by atoms with Crippen molar-refractivity contribution in [3.8, 4) is 0 Å². The number of amides is 1. The average molecular weight is 478 g/mol. The molecule has 0 aromatic heterocycles. The highest BCUT2D eigenvalue weighted by Gasteiger charge is 2.58. The van der Waals surface area contributed by atoms with Crippen LogP contribution in [-0.2, 0) is 24.8 Å². The quantitative estimate of drug-likeness (QED) is 0.452. The van der Waals surface area contributed by atoms with E-state index in [1.54, 1.807) is 0 Å². The smallest absolute Gasteiger partial charge is 0.241 e. The van der Waals surface area contributed by atoms with Crippen LogP contribution < -0.4 is 0 Å². The number of carbonyl (C=O) groups excluding carboxylic acids is 1. The van der Waals surface area contributed by atoms with Gasteiger partial charge in [0.1, 0.15) is 0 Å². The molecule has 0 saturated carbocycles. The highest BCUT2D eigenvalue weighted by Crippen LogP contribution is 2.41. The van der Waals surface area contributed by atoms with E-state index in [4.69, 9.17) is 0 Å². The summed E-state index contributed by atoms with van der Waals surface area (Å²) in [7, 11) is -7.26. The molecule has 3 aliphatic rings. The Morgan fingerprint density at radius 1 is 0.871 bits per heavy atom. The molecule has 0 aliphatic carbocycles. The topological polar surface area (TPSA) is 95.1 Å². The summed E-state index contributed by atoms with van der Waals surface area (Å²) in [6.07, 6.45) is 7.01. The second kappa shape index (κ2) is 10.5. The summed E-state index contributed by atoms with van der Waals surface area (Å²) in [6.45, 7) is 7.00. The number of carbonyl (C=O) groups is 1. The molecule has 8 nitrogen and oxygen atoms in total. The third kappa shape index (κ3) is 5.45. The fraction of sp³-hybridized carbons (Fsp3) is 0.952. The molecule has 0 N–H and O–H groups in total. The van der Waals surface area contributed by atoms with Crippen molar-refractivity contribution >= 4 is 26.0 Å². The first-order chi connectivity index (χ1) is 14.7. The van der Waals surface area contributed by atoms with E-state index in [1.165, 1.54) is 23.6 Å². The molecule has 0 bridgehead atoms. The van der Waals surface area contributed by atoms with Crippen LogP contribution >= 0.6 is 0 Å². The van der Waals surface area contributed by atoms with Gasteiger partial charge >= 0.3 is 0 Å². The highest BCUT2D eigenvalue weighted by molar-refractivity contribution is 7.89. The van der Waals surface area contributed by atoms with E-state index in [0.29, 0.717) is 38.6 Å². The van der Waals surface area contributed by atoms with Crippen LogP contribution in [0.3, 0.4) is 0 Å². The molecule has 31 heavy (non-hydrogen) atoms. The summed E-state index contributed by atoms with van der Waals surface area (Å²) >= 11 is 0. The predicted octanol–water partition coefficient (Wildman–Crippen LogP) is 2.02. The lowest BCUT2D eigenvalue weighted by atomic mass is 9.95. The highest BCUT2D eigenvalue weighted by atomic mass is 32.2. The number of piperidine rings is 1. The number of nitrogens with zero attached hydrogens (tertiary/aromatic N) is 3. The minimum Gasteiger partial charge on any atom is -0.303 e. The molecule has 0 aromatic carbocycles. The van der Waals surface area contributed by atoms with Gasteiger partial charge in [-0.25, -0.2) is 21.1 Å². The number of hydrogen-bond acceptors (Lipinski definition) is 6. The third-order valence-electron chi connectivity index (χ3n) is 6.96. The lowest BCUT2D eigenvalue weighted by Gasteiger charge is -2.28. The maximum absolute atomic E-state index is 13.2. The van der Waals surface area contributed by atoms with E-state index in [9.17, 15) is 21.6 Å². The fourth-order valence-electron chi connectivity index (χ4n) is 5.44. The molecule has 3 aliphatic heterocycles. The zero-order chi connectivity index (χ0) is 22.6. The van der Waals surface area contributed by atoms with Gasteiger partial charge in [-0.05, 0) is 58.2 Å². The van der Waals surface area contributed by atoms with E-state index in [0.717, 1.165) is 30.4 Å². The molecule has 3 saturated heterocycles. The molecule has 0 unspecified atom stereocenters. The Morgan fingerprint density at radius 2 is 1.55 bits per heavy atom. The minimum atomic E-state index is -3.72. The number of hydrogen-bond donors (Lipinski definition) is 0. The van der Waals surface area contributed by atoms with Crippen LogP contribution in [0.1, 0.15) is 71.6 Å². The van der Waals surface area contributed by atoms with Crippen molar-refractivity contribution in [2.24, 2.45) is 5.92 Å². The Bertz CT molecular complexity index is 824. The largest absolute Gasteiger partial charge is 0.303 e. The number of likely N-dealkylation sites (tertiary alicyclic amines) is 1. The van der Waals surface area contributed by atoms with Crippen LogP contribution in [0.15, 0.2) is 0 Å². The second-order valence-corrected chi connectivity index (χ2v) is 13.2. The second-order valence-electron chi connectivity index (χ2n) is 9.23. The van der Waals surface area contributed by atoms with Gasteiger partial charge < -0.3 is 4.90 Å². The van der Waals surface area contributed by atoms with Crippen molar-refractivity contribution in [2.45, 2.75) is 83.7 Å². The van der Waals surface area contributed by atoms with Gasteiger partial charge in [-0.1, -0.05) is 33.1 Å². The van der Waals surface area contributed by atoms with Crippen molar-refractivity contribution in [1.29, 1.82) is 0 Å². The summed E-state index contributed by atoms with van der Waals surface area (Å²) < 4.78 is 54.9. The van der Waals surface area contributed by atoms with Crippen molar-refractivity contribution in [3.63, 3.8) is 0 Å². The molecular weight excluding hydrogens is 438 g/mol.